The van der Waals surface area contributed by atoms with Crippen molar-refractivity contribution in [2.45, 2.75) is 19.3 Å². The number of aliphatic carboxylic acids is 1. The molecule has 0 aliphatic heterocycles. The highest BCUT2D eigenvalue weighted by Gasteiger charge is 2.17. The Balaban J connectivity index is 2.33. The molecule has 0 fully saturated rings. The van der Waals surface area contributed by atoms with E-state index in [4.69, 9.17) is 0 Å². The Morgan fingerprint density at radius 1 is 1.00 bits per heavy atom. The molecule has 0 heterocycles. The molecule has 22 heavy (non-hydrogen) atoms. The fourth-order valence-electron chi connectivity index (χ4n) is 2.87. The summed E-state index contributed by atoms with van der Waals surface area (Å²) in [7, 11) is 0. The highest BCUT2D eigenvalue weighted by molar-refractivity contribution is 5.93. The molecule has 110 valence electrons. The van der Waals surface area contributed by atoms with Gasteiger partial charge in [-0.25, -0.2) is 0 Å². The van der Waals surface area contributed by atoms with Crippen molar-refractivity contribution in [2.75, 3.05) is 0 Å². The van der Waals surface area contributed by atoms with E-state index in [0.29, 0.717) is 17.2 Å². The smallest absolute Gasteiger partial charge is 0.310 e. The molecule has 3 aromatic rings. The number of fused-ring (bicyclic) bond motifs is 2. The second-order valence-corrected chi connectivity index (χ2v) is 5.40. The molecule has 3 heteroatoms. The number of carbonyl (C=O) groups is 1. The van der Waals surface area contributed by atoms with Gasteiger partial charge in [-0.05, 0) is 22.8 Å². The minimum atomic E-state index is -0.838. The van der Waals surface area contributed by atoms with Gasteiger partial charge in [0.2, 0.25) is 0 Å². The van der Waals surface area contributed by atoms with Crippen LogP contribution >= 0.6 is 0 Å². The fourth-order valence-corrected chi connectivity index (χ4v) is 2.87. The Labute approximate surface area is 127 Å². The molecule has 0 aliphatic carbocycles. The van der Waals surface area contributed by atoms with Crippen LogP contribution in [-0.4, -0.2) is 11.1 Å². The lowest BCUT2D eigenvalue weighted by Crippen LogP contribution is -2.10. The Bertz CT molecular complexity index is 928. The Morgan fingerprint density at radius 2 is 1.68 bits per heavy atom. The van der Waals surface area contributed by atoms with Gasteiger partial charge in [0, 0.05) is 10.8 Å². The van der Waals surface area contributed by atoms with E-state index in [1.165, 1.54) is 0 Å². The molecular weight excluding hydrogens is 276 g/mol. The Kier molecular flexibility index (Phi) is 3.63. The van der Waals surface area contributed by atoms with Crippen molar-refractivity contribution in [3.63, 3.8) is 0 Å². The van der Waals surface area contributed by atoms with Crippen LogP contribution in [0.15, 0.2) is 59.4 Å². The maximum absolute atomic E-state index is 12.7. The maximum atomic E-state index is 12.7. The molecule has 0 aliphatic rings. The first-order chi connectivity index (χ1) is 10.6. The highest BCUT2D eigenvalue weighted by Crippen LogP contribution is 2.24. The molecule has 0 unspecified atom stereocenters. The Morgan fingerprint density at radius 3 is 2.41 bits per heavy atom. The maximum Gasteiger partial charge on any atom is 0.310 e. The van der Waals surface area contributed by atoms with Gasteiger partial charge >= 0.3 is 5.97 Å². The van der Waals surface area contributed by atoms with Crippen molar-refractivity contribution in [1.82, 2.24) is 0 Å². The molecule has 0 saturated heterocycles. The van der Waals surface area contributed by atoms with Crippen molar-refractivity contribution >= 4 is 27.5 Å². The van der Waals surface area contributed by atoms with Crippen molar-refractivity contribution in [3.8, 4) is 0 Å². The predicted molar refractivity (Wildman–Crippen MR) is 88.4 cm³/mol. The number of hydrogen-bond donors (Lipinski definition) is 1. The van der Waals surface area contributed by atoms with Gasteiger partial charge in [-0.2, -0.15) is 0 Å². The lowest BCUT2D eigenvalue weighted by Gasteiger charge is -2.10. The quantitative estimate of drug-likeness (QED) is 0.795. The van der Waals surface area contributed by atoms with Crippen molar-refractivity contribution in [3.05, 3.63) is 70.4 Å². The summed E-state index contributed by atoms with van der Waals surface area (Å²) in [6, 6.07) is 16.6. The minimum absolute atomic E-state index is 0.0227. The van der Waals surface area contributed by atoms with Crippen LogP contribution in [0.5, 0.6) is 0 Å². The van der Waals surface area contributed by atoms with E-state index in [2.05, 4.69) is 0 Å². The molecule has 3 aromatic carbocycles. The summed E-state index contributed by atoms with van der Waals surface area (Å²) in [5.41, 5.74) is 0.711. The average molecular weight is 292 g/mol. The molecular formula is C19H16O3. The van der Waals surface area contributed by atoms with E-state index in [9.17, 15) is 14.7 Å². The standard InChI is InChI=1S/C19H16O3/c1-2-15(19(21)22)13-9-10-17-14(11-13)8-7-12-5-3-4-6-16(12)18(17)20/h3-11,15H,2H2,1H3,(H,21,22)/t15-/m0/s1. The molecule has 0 aromatic heterocycles. The zero-order valence-electron chi connectivity index (χ0n) is 12.2. The van der Waals surface area contributed by atoms with Crippen LogP contribution in [0.4, 0.5) is 0 Å². The van der Waals surface area contributed by atoms with Crippen LogP contribution in [0, 0.1) is 0 Å². The van der Waals surface area contributed by atoms with Gasteiger partial charge in [0.1, 0.15) is 0 Å². The molecule has 1 atom stereocenters. The molecule has 0 radical (unpaired) electrons. The summed E-state index contributed by atoms with van der Waals surface area (Å²) in [5, 5.41) is 12.2. The van der Waals surface area contributed by atoms with Gasteiger partial charge < -0.3 is 5.11 Å². The largest absolute Gasteiger partial charge is 0.481 e. The van der Waals surface area contributed by atoms with E-state index in [-0.39, 0.29) is 5.43 Å². The van der Waals surface area contributed by atoms with E-state index in [0.717, 1.165) is 16.3 Å². The number of hydrogen-bond acceptors (Lipinski definition) is 2. The van der Waals surface area contributed by atoms with Crippen LogP contribution in [0.3, 0.4) is 0 Å². The van der Waals surface area contributed by atoms with E-state index >= 15 is 0 Å². The van der Waals surface area contributed by atoms with Crippen LogP contribution in [-0.2, 0) is 4.79 Å². The average Bonchev–Trinajstić information content (AvgIpc) is 2.66. The van der Waals surface area contributed by atoms with Gasteiger partial charge in [-0.15, -0.1) is 0 Å². The zero-order valence-corrected chi connectivity index (χ0v) is 12.2. The van der Waals surface area contributed by atoms with Crippen molar-refractivity contribution < 1.29 is 9.90 Å². The SMILES string of the molecule is CC[C@H](C(=O)O)c1ccc2c(=O)c3ccccc3ccc2c1. The molecule has 0 saturated carbocycles. The van der Waals surface area contributed by atoms with Crippen molar-refractivity contribution in [1.29, 1.82) is 0 Å². The lowest BCUT2D eigenvalue weighted by atomic mass is 9.95. The molecule has 3 rings (SSSR count). The fraction of sp³-hybridized carbons (Fsp3) is 0.158. The Hall–Kier alpha value is -2.68. The van der Waals surface area contributed by atoms with Crippen molar-refractivity contribution in [2.24, 2.45) is 0 Å². The summed E-state index contributed by atoms with van der Waals surface area (Å²) < 4.78 is 0. The molecule has 1 N–H and O–H groups in total. The summed E-state index contributed by atoms with van der Waals surface area (Å²) in [5.74, 6) is -1.38. The zero-order chi connectivity index (χ0) is 15.7. The second kappa shape index (κ2) is 5.60. The van der Waals surface area contributed by atoms with Crippen LogP contribution in [0.2, 0.25) is 0 Å². The summed E-state index contributed by atoms with van der Waals surface area (Å²) in [6.07, 6.45) is 0.520. The third-order valence-corrected chi connectivity index (χ3v) is 4.08. The third-order valence-electron chi connectivity index (χ3n) is 4.08. The van der Waals surface area contributed by atoms with Crippen LogP contribution in [0.1, 0.15) is 24.8 Å². The van der Waals surface area contributed by atoms with E-state index < -0.39 is 11.9 Å². The number of rotatable bonds is 3. The number of carboxylic acid groups (broad SMARTS) is 1. The summed E-state index contributed by atoms with van der Waals surface area (Å²) >= 11 is 0. The first-order valence-corrected chi connectivity index (χ1v) is 7.30. The van der Waals surface area contributed by atoms with Gasteiger partial charge in [-0.3, -0.25) is 9.59 Å². The third kappa shape index (κ3) is 2.35. The number of benzene rings is 2. The predicted octanol–water partition coefficient (Wildman–Crippen LogP) is 3.93. The second-order valence-electron chi connectivity index (χ2n) is 5.40. The van der Waals surface area contributed by atoms with Gasteiger partial charge in [0.15, 0.2) is 5.43 Å². The van der Waals surface area contributed by atoms with Gasteiger partial charge in [-0.1, -0.05) is 61.5 Å². The minimum Gasteiger partial charge on any atom is -0.481 e. The van der Waals surface area contributed by atoms with E-state index in [1.54, 1.807) is 12.1 Å². The van der Waals surface area contributed by atoms with Gasteiger partial charge in [0.25, 0.3) is 0 Å². The van der Waals surface area contributed by atoms with Crippen LogP contribution in [0.25, 0.3) is 21.5 Å². The lowest BCUT2D eigenvalue weighted by molar-refractivity contribution is -0.138. The molecule has 0 bridgehead atoms. The first kappa shape index (κ1) is 14.3. The van der Waals surface area contributed by atoms with E-state index in [1.807, 2.05) is 49.4 Å². The summed E-state index contributed by atoms with van der Waals surface area (Å²) in [4.78, 5) is 24.0. The summed E-state index contributed by atoms with van der Waals surface area (Å²) in [6.45, 7) is 1.85. The molecule has 3 nitrogen and oxygen atoms in total. The molecule has 0 spiro atoms. The normalized spacial score (nSPS) is 12.4. The van der Waals surface area contributed by atoms with Crippen LogP contribution < -0.4 is 5.43 Å². The number of carboxylic acids is 1. The van der Waals surface area contributed by atoms with Gasteiger partial charge in [0.05, 0.1) is 5.92 Å². The first-order valence-electron chi connectivity index (χ1n) is 7.30. The topological polar surface area (TPSA) is 54.4 Å². The highest BCUT2D eigenvalue weighted by atomic mass is 16.4. The monoisotopic (exact) mass is 292 g/mol. The molecule has 0 amide bonds.